The summed E-state index contributed by atoms with van der Waals surface area (Å²) in [5.41, 5.74) is 0.538. The normalized spacial score (nSPS) is 13.8. The fourth-order valence-electron chi connectivity index (χ4n) is 3.09. The fourth-order valence-corrected chi connectivity index (χ4v) is 3.09. The molecule has 2 aromatic carbocycles. The molecule has 6 nitrogen and oxygen atoms in total. The number of carbonyl (C=O) groups excluding carboxylic acids is 2. The molecule has 0 aliphatic carbocycles. The Morgan fingerprint density at radius 3 is 2.47 bits per heavy atom. The van der Waals surface area contributed by atoms with E-state index in [0.717, 1.165) is 12.1 Å². The first kappa shape index (κ1) is 21.6. The van der Waals surface area contributed by atoms with E-state index in [4.69, 9.17) is 4.74 Å². The number of carbonyl (C=O) groups is 2. The van der Waals surface area contributed by atoms with Crippen LogP contribution in [0.15, 0.2) is 36.4 Å². The number of hydrogen-bond acceptors (Lipinski definition) is 4. The first-order valence-corrected chi connectivity index (χ1v) is 9.59. The van der Waals surface area contributed by atoms with Gasteiger partial charge >= 0.3 is 0 Å². The van der Waals surface area contributed by atoms with Crippen LogP contribution in [-0.4, -0.2) is 44.7 Å². The maximum Gasteiger partial charge on any atom is 0.254 e. The first-order chi connectivity index (χ1) is 14.4. The van der Waals surface area contributed by atoms with Crippen molar-refractivity contribution in [2.45, 2.75) is 12.8 Å². The molecule has 0 atom stereocenters. The highest BCUT2D eigenvalue weighted by Crippen LogP contribution is 2.23. The Morgan fingerprint density at radius 2 is 1.77 bits per heavy atom. The molecule has 1 aliphatic rings. The number of hydrogen-bond donors (Lipinski definition) is 2. The average Bonchev–Trinajstić information content (AvgIpc) is 2.72. The molecule has 2 N–H and O–H groups in total. The average molecular weight is 421 g/mol. The molecule has 1 aliphatic heterocycles. The highest BCUT2D eigenvalue weighted by molar-refractivity contribution is 5.94. The Hall–Kier alpha value is -3.07. The third-order valence-electron chi connectivity index (χ3n) is 4.63. The van der Waals surface area contributed by atoms with Gasteiger partial charge in [-0.15, -0.1) is 0 Å². The molecule has 0 radical (unpaired) electrons. The Balaban J connectivity index is 1.43. The van der Waals surface area contributed by atoms with Crippen molar-refractivity contribution in [2.75, 3.05) is 43.1 Å². The van der Waals surface area contributed by atoms with Crippen LogP contribution in [0.3, 0.4) is 0 Å². The molecule has 160 valence electrons. The predicted molar refractivity (Wildman–Crippen MR) is 106 cm³/mol. The lowest BCUT2D eigenvalue weighted by Crippen LogP contribution is -2.36. The van der Waals surface area contributed by atoms with Crippen molar-refractivity contribution >= 4 is 23.2 Å². The molecule has 0 unspecified atom stereocenters. The molecule has 9 heteroatoms. The lowest BCUT2D eigenvalue weighted by atomic mass is 10.2. The van der Waals surface area contributed by atoms with Gasteiger partial charge in [0.15, 0.2) is 0 Å². The number of anilines is 2. The van der Waals surface area contributed by atoms with Crippen LogP contribution < -0.4 is 15.5 Å². The van der Waals surface area contributed by atoms with Crippen LogP contribution in [-0.2, 0) is 9.53 Å². The molecule has 0 spiro atoms. The minimum Gasteiger partial charge on any atom is -0.378 e. The molecule has 3 rings (SSSR count). The highest BCUT2D eigenvalue weighted by atomic mass is 19.1. The summed E-state index contributed by atoms with van der Waals surface area (Å²) in [6.07, 6.45) is 0.383. The van der Waals surface area contributed by atoms with Crippen molar-refractivity contribution in [3.8, 4) is 0 Å². The zero-order valence-electron chi connectivity index (χ0n) is 16.2. The lowest BCUT2D eigenvalue weighted by molar-refractivity contribution is -0.116. The molecule has 0 saturated carbocycles. The molecule has 1 heterocycles. The summed E-state index contributed by atoms with van der Waals surface area (Å²) in [5.74, 6) is -3.17. The number of amides is 2. The Labute approximate surface area is 172 Å². The van der Waals surface area contributed by atoms with E-state index in [0.29, 0.717) is 50.2 Å². The molecular weight excluding hydrogens is 399 g/mol. The number of rotatable bonds is 7. The smallest absolute Gasteiger partial charge is 0.254 e. The third-order valence-corrected chi connectivity index (χ3v) is 4.63. The van der Waals surface area contributed by atoms with E-state index >= 15 is 0 Å². The van der Waals surface area contributed by atoms with Crippen LogP contribution in [0.25, 0.3) is 0 Å². The molecule has 2 aromatic rings. The maximum atomic E-state index is 14.4. The van der Waals surface area contributed by atoms with Crippen molar-refractivity contribution in [1.29, 1.82) is 0 Å². The molecular formula is C21H22F3N3O3. The Morgan fingerprint density at radius 1 is 1.00 bits per heavy atom. The van der Waals surface area contributed by atoms with Crippen molar-refractivity contribution in [1.82, 2.24) is 5.32 Å². The van der Waals surface area contributed by atoms with Gasteiger partial charge in [-0.3, -0.25) is 9.59 Å². The Kier molecular flexibility index (Phi) is 7.29. The van der Waals surface area contributed by atoms with E-state index in [9.17, 15) is 22.8 Å². The van der Waals surface area contributed by atoms with Crippen molar-refractivity contribution in [3.63, 3.8) is 0 Å². The van der Waals surface area contributed by atoms with E-state index < -0.39 is 23.4 Å². The van der Waals surface area contributed by atoms with Gasteiger partial charge in [-0.2, -0.15) is 0 Å². The first-order valence-electron chi connectivity index (χ1n) is 9.59. The topological polar surface area (TPSA) is 70.7 Å². The summed E-state index contributed by atoms with van der Waals surface area (Å²) in [4.78, 5) is 25.8. The van der Waals surface area contributed by atoms with E-state index in [-0.39, 0.29) is 24.4 Å². The van der Waals surface area contributed by atoms with Gasteiger partial charge in [0.2, 0.25) is 5.91 Å². The molecule has 0 aromatic heterocycles. The van der Waals surface area contributed by atoms with E-state index in [1.54, 1.807) is 12.1 Å². The minimum atomic E-state index is -0.951. The second-order valence-corrected chi connectivity index (χ2v) is 6.80. The number of halogens is 3. The summed E-state index contributed by atoms with van der Waals surface area (Å²) < 4.78 is 46.1. The van der Waals surface area contributed by atoms with Crippen LogP contribution in [0.2, 0.25) is 0 Å². The number of morpholine rings is 1. The van der Waals surface area contributed by atoms with Crippen molar-refractivity contribution in [3.05, 3.63) is 59.4 Å². The quantitative estimate of drug-likeness (QED) is 0.674. The number of nitrogens with zero attached hydrogens (tertiary/aromatic N) is 1. The molecule has 0 bridgehead atoms. The van der Waals surface area contributed by atoms with Gasteiger partial charge in [-0.25, -0.2) is 13.2 Å². The van der Waals surface area contributed by atoms with E-state index in [2.05, 4.69) is 10.6 Å². The third kappa shape index (κ3) is 5.73. The highest BCUT2D eigenvalue weighted by Gasteiger charge is 2.16. The summed E-state index contributed by atoms with van der Waals surface area (Å²) in [5, 5.41) is 5.09. The molecule has 30 heavy (non-hydrogen) atoms. The van der Waals surface area contributed by atoms with Crippen LogP contribution in [0, 0.1) is 17.5 Å². The van der Waals surface area contributed by atoms with Crippen molar-refractivity contribution < 1.29 is 27.5 Å². The van der Waals surface area contributed by atoms with E-state index in [1.807, 2.05) is 4.90 Å². The van der Waals surface area contributed by atoms with Gasteiger partial charge in [-0.05, 0) is 36.8 Å². The van der Waals surface area contributed by atoms with Crippen LogP contribution >= 0.6 is 0 Å². The van der Waals surface area contributed by atoms with Crippen LogP contribution in [0.5, 0.6) is 0 Å². The SMILES string of the molecule is O=C(CCCNC(=O)c1ccc(F)cc1F)Nc1ccc(N2CCOCC2)c(F)c1. The lowest BCUT2D eigenvalue weighted by Gasteiger charge is -2.29. The van der Waals surface area contributed by atoms with E-state index in [1.165, 1.54) is 6.07 Å². The molecule has 1 fully saturated rings. The summed E-state index contributed by atoms with van der Waals surface area (Å²) in [6.45, 7) is 2.43. The van der Waals surface area contributed by atoms with Crippen LogP contribution in [0.4, 0.5) is 24.5 Å². The van der Waals surface area contributed by atoms with Gasteiger partial charge in [0, 0.05) is 37.8 Å². The summed E-state index contributed by atoms with van der Waals surface area (Å²) >= 11 is 0. The second kappa shape index (κ2) is 10.1. The Bertz CT molecular complexity index is 918. The van der Waals surface area contributed by atoms with Gasteiger partial charge < -0.3 is 20.3 Å². The van der Waals surface area contributed by atoms with Gasteiger partial charge in [0.1, 0.15) is 17.5 Å². The number of ether oxygens (including phenoxy) is 1. The van der Waals surface area contributed by atoms with Crippen molar-refractivity contribution in [2.24, 2.45) is 0 Å². The predicted octanol–water partition coefficient (Wildman–Crippen LogP) is 3.09. The largest absolute Gasteiger partial charge is 0.378 e. The van der Waals surface area contributed by atoms with Gasteiger partial charge in [0.25, 0.3) is 5.91 Å². The monoisotopic (exact) mass is 421 g/mol. The summed E-state index contributed by atoms with van der Waals surface area (Å²) in [7, 11) is 0. The van der Waals surface area contributed by atoms with Gasteiger partial charge in [-0.1, -0.05) is 0 Å². The summed E-state index contributed by atoms with van der Waals surface area (Å²) in [6, 6.07) is 7.20. The second-order valence-electron chi connectivity index (χ2n) is 6.80. The van der Waals surface area contributed by atoms with Crippen LogP contribution in [0.1, 0.15) is 23.2 Å². The number of nitrogens with one attached hydrogen (secondary N) is 2. The molecule has 1 saturated heterocycles. The maximum absolute atomic E-state index is 14.4. The fraction of sp³-hybridized carbons (Fsp3) is 0.333. The van der Waals surface area contributed by atoms with Gasteiger partial charge in [0.05, 0.1) is 24.5 Å². The molecule has 2 amide bonds. The number of benzene rings is 2. The zero-order valence-corrected chi connectivity index (χ0v) is 16.2. The zero-order chi connectivity index (χ0) is 21.5. The minimum absolute atomic E-state index is 0.0824. The standard InChI is InChI=1S/C21H22F3N3O3/c22-14-3-5-16(17(23)12-14)21(29)25-7-1-2-20(28)26-15-4-6-19(18(24)13-15)27-8-10-30-11-9-27/h3-6,12-13H,1-2,7-11H2,(H,25,29)(H,26,28).